The number of halogens is 1. The molecular weight excluding hydrogens is 362 g/mol. The Labute approximate surface area is 165 Å². The molecule has 2 aliphatic rings. The summed E-state index contributed by atoms with van der Waals surface area (Å²) in [4.78, 5) is 14.0. The lowest BCUT2D eigenvalue weighted by molar-refractivity contribution is 0.212. The van der Waals surface area contributed by atoms with Gasteiger partial charge in [-0.15, -0.1) is 0 Å². The first-order valence-corrected chi connectivity index (χ1v) is 9.95. The highest BCUT2D eigenvalue weighted by Crippen LogP contribution is 2.52. The SMILES string of the molecule is CCCN1C[C@@]2(C)CN(c3nc(Nc4cnn(C)c4)ncc3Cl)C[C@@]2(C)C1. The van der Waals surface area contributed by atoms with E-state index in [0.29, 0.717) is 11.0 Å². The van der Waals surface area contributed by atoms with Crippen molar-refractivity contribution in [3.63, 3.8) is 0 Å². The van der Waals surface area contributed by atoms with E-state index in [1.807, 2.05) is 13.2 Å². The van der Waals surface area contributed by atoms with E-state index in [2.05, 4.69) is 46.0 Å². The molecule has 0 amide bonds. The molecule has 2 saturated heterocycles. The van der Waals surface area contributed by atoms with Crippen LogP contribution in [0.25, 0.3) is 0 Å². The van der Waals surface area contributed by atoms with E-state index in [0.717, 1.165) is 37.7 Å². The Hall–Kier alpha value is -1.86. The van der Waals surface area contributed by atoms with Crippen LogP contribution in [-0.2, 0) is 7.05 Å². The van der Waals surface area contributed by atoms with E-state index in [-0.39, 0.29) is 10.8 Å². The number of hydrogen-bond acceptors (Lipinski definition) is 6. The van der Waals surface area contributed by atoms with Crippen molar-refractivity contribution < 1.29 is 0 Å². The Kier molecular flexibility index (Phi) is 4.55. The monoisotopic (exact) mass is 389 g/mol. The first kappa shape index (κ1) is 18.5. The van der Waals surface area contributed by atoms with Crippen molar-refractivity contribution in [2.45, 2.75) is 27.2 Å². The second-order valence-corrected chi connectivity index (χ2v) is 8.99. The minimum Gasteiger partial charge on any atom is -0.354 e. The van der Waals surface area contributed by atoms with Gasteiger partial charge in [-0.05, 0) is 13.0 Å². The minimum atomic E-state index is 0.243. The number of anilines is 3. The molecule has 7 nitrogen and oxygen atoms in total. The van der Waals surface area contributed by atoms with Crippen LogP contribution < -0.4 is 10.2 Å². The van der Waals surface area contributed by atoms with Gasteiger partial charge in [-0.2, -0.15) is 10.1 Å². The second-order valence-electron chi connectivity index (χ2n) is 8.58. The summed E-state index contributed by atoms with van der Waals surface area (Å²) < 4.78 is 1.74. The molecule has 0 saturated carbocycles. The molecule has 4 rings (SSSR count). The third-order valence-electron chi connectivity index (χ3n) is 6.21. The zero-order chi connectivity index (χ0) is 19.2. The van der Waals surface area contributed by atoms with Crippen molar-refractivity contribution in [2.24, 2.45) is 17.9 Å². The highest BCUT2D eigenvalue weighted by atomic mass is 35.5. The molecule has 2 atom stereocenters. The summed E-state index contributed by atoms with van der Waals surface area (Å²) in [6, 6.07) is 0. The van der Waals surface area contributed by atoms with Gasteiger partial charge in [0.15, 0.2) is 5.82 Å². The zero-order valence-corrected chi connectivity index (χ0v) is 17.3. The number of aryl methyl sites for hydroxylation is 1. The fraction of sp³-hybridized carbons (Fsp3) is 0.632. The van der Waals surface area contributed by atoms with E-state index < -0.39 is 0 Å². The molecule has 146 valence electrons. The molecule has 8 heteroatoms. The van der Waals surface area contributed by atoms with Gasteiger partial charge in [0.1, 0.15) is 5.02 Å². The lowest BCUT2D eigenvalue weighted by atomic mass is 9.71. The highest BCUT2D eigenvalue weighted by molar-refractivity contribution is 6.32. The fourth-order valence-corrected chi connectivity index (χ4v) is 4.89. The Morgan fingerprint density at radius 1 is 1.15 bits per heavy atom. The fourth-order valence-electron chi connectivity index (χ4n) is 4.68. The first-order valence-electron chi connectivity index (χ1n) is 9.57. The predicted molar refractivity (Wildman–Crippen MR) is 109 cm³/mol. The molecule has 2 fully saturated rings. The van der Waals surface area contributed by atoms with Gasteiger partial charge in [0.05, 0.1) is 18.1 Å². The van der Waals surface area contributed by atoms with Gasteiger partial charge in [-0.3, -0.25) is 4.68 Å². The summed E-state index contributed by atoms with van der Waals surface area (Å²) in [6.45, 7) is 12.5. The molecule has 2 aliphatic heterocycles. The van der Waals surface area contributed by atoms with Crippen LogP contribution in [0.1, 0.15) is 27.2 Å². The average molecular weight is 390 g/mol. The summed E-state index contributed by atoms with van der Waals surface area (Å²) in [5.41, 5.74) is 1.35. The van der Waals surface area contributed by atoms with Gasteiger partial charge < -0.3 is 15.1 Å². The predicted octanol–water partition coefficient (Wildman–Crippen LogP) is 3.17. The molecule has 27 heavy (non-hydrogen) atoms. The minimum absolute atomic E-state index is 0.243. The molecule has 0 unspecified atom stereocenters. The van der Waals surface area contributed by atoms with Crippen LogP contribution in [0.4, 0.5) is 17.5 Å². The van der Waals surface area contributed by atoms with Crippen LogP contribution in [-0.4, -0.2) is 57.4 Å². The van der Waals surface area contributed by atoms with Crippen LogP contribution in [0.15, 0.2) is 18.6 Å². The van der Waals surface area contributed by atoms with Crippen LogP contribution in [0.2, 0.25) is 5.02 Å². The Morgan fingerprint density at radius 3 is 2.44 bits per heavy atom. The van der Waals surface area contributed by atoms with Crippen molar-refractivity contribution in [1.82, 2.24) is 24.6 Å². The smallest absolute Gasteiger partial charge is 0.229 e. The molecule has 4 heterocycles. The molecule has 0 aromatic carbocycles. The molecule has 0 aliphatic carbocycles. The van der Waals surface area contributed by atoms with Crippen molar-refractivity contribution in [2.75, 3.05) is 42.9 Å². The van der Waals surface area contributed by atoms with Crippen LogP contribution >= 0.6 is 11.6 Å². The molecule has 0 bridgehead atoms. The zero-order valence-electron chi connectivity index (χ0n) is 16.5. The number of nitrogens with one attached hydrogen (secondary N) is 1. The van der Waals surface area contributed by atoms with Gasteiger partial charge >= 0.3 is 0 Å². The lowest BCUT2D eigenvalue weighted by Gasteiger charge is -2.30. The van der Waals surface area contributed by atoms with Gasteiger partial charge in [-0.1, -0.05) is 32.4 Å². The summed E-state index contributed by atoms with van der Waals surface area (Å²) in [5.74, 6) is 1.36. The maximum atomic E-state index is 6.49. The lowest BCUT2D eigenvalue weighted by Crippen LogP contribution is -2.34. The van der Waals surface area contributed by atoms with Gasteiger partial charge in [-0.25, -0.2) is 4.98 Å². The van der Waals surface area contributed by atoms with Crippen molar-refractivity contribution in [3.05, 3.63) is 23.6 Å². The maximum absolute atomic E-state index is 6.49. The Bertz CT molecular complexity index is 817. The molecule has 2 aromatic heterocycles. The van der Waals surface area contributed by atoms with Crippen molar-refractivity contribution in [1.29, 1.82) is 0 Å². The van der Waals surface area contributed by atoms with Crippen LogP contribution in [0.3, 0.4) is 0 Å². The van der Waals surface area contributed by atoms with E-state index in [4.69, 9.17) is 16.6 Å². The largest absolute Gasteiger partial charge is 0.354 e. The standard InChI is InChI=1S/C19H28ClN7/c1-5-6-26-10-18(2)12-27(13-19(18,3)11-26)16-15(20)8-21-17(24-16)23-14-7-22-25(4)9-14/h7-9H,5-6,10-13H2,1-4H3,(H,21,23,24)/t18-,19+. The van der Waals surface area contributed by atoms with E-state index >= 15 is 0 Å². The van der Waals surface area contributed by atoms with Crippen LogP contribution in [0, 0.1) is 10.8 Å². The number of rotatable bonds is 5. The molecular formula is C19H28ClN7. The van der Waals surface area contributed by atoms with E-state index in [1.165, 1.54) is 13.0 Å². The van der Waals surface area contributed by atoms with E-state index in [1.54, 1.807) is 17.1 Å². The number of fused-ring (bicyclic) bond motifs is 1. The van der Waals surface area contributed by atoms with Gasteiger partial charge in [0.25, 0.3) is 0 Å². The number of nitrogens with zero attached hydrogens (tertiary/aromatic N) is 6. The third-order valence-corrected chi connectivity index (χ3v) is 6.47. The third kappa shape index (κ3) is 3.27. The Balaban J connectivity index is 1.55. The van der Waals surface area contributed by atoms with Gasteiger partial charge in [0, 0.05) is 50.3 Å². The van der Waals surface area contributed by atoms with Crippen molar-refractivity contribution in [3.8, 4) is 0 Å². The van der Waals surface area contributed by atoms with E-state index in [9.17, 15) is 0 Å². The molecule has 0 radical (unpaired) electrons. The summed E-state index contributed by atoms with van der Waals surface area (Å²) >= 11 is 6.49. The van der Waals surface area contributed by atoms with Gasteiger partial charge in [0.2, 0.25) is 5.95 Å². The molecule has 1 N–H and O–H groups in total. The van der Waals surface area contributed by atoms with Crippen LogP contribution in [0.5, 0.6) is 0 Å². The molecule has 0 spiro atoms. The normalized spacial score (nSPS) is 28.0. The maximum Gasteiger partial charge on any atom is 0.229 e. The Morgan fingerprint density at radius 2 is 1.85 bits per heavy atom. The summed E-state index contributed by atoms with van der Waals surface area (Å²) in [7, 11) is 1.88. The highest BCUT2D eigenvalue weighted by Gasteiger charge is 2.57. The summed E-state index contributed by atoms with van der Waals surface area (Å²) in [6.07, 6.45) is 6.53. The average Bonchev–Trinajstić information content (AvgIpc) is 3.17. The number of likely N-dealkylation sites (tertiary alicyclic amines) is 1. The molecule has 2 aromatic rings. The first-order chi connectivity index (χ1) is 12.8. The number of hydrogen-bond donors (Lipinski definition) is 1. The number of aromatic nitrogens is 4. The topological polar surface area (TPSA) is 62.1 Å². The van der Waals surface area contributed by atoms with Crippen molar-refractivity contribution >= 4 is 29.1 Å². The quantitative estimate of drug-likeness (QED) is 0.847. The summed E-state index contributed by atoms with van der Waals surface area (Å²) in [5, 5.41) is 7.98. The second kappa shape index (κ2) is 6.63.